The van der Waals surface area contributed by atoms with Crippen LogP contribution in [-0.4, -0.2) is 48.1 Å². The van der Waals surface area contributed by atoms with Crippen molar-refractivity contribution in [3.63, 3.8) is 0 Å². The zero-order chi connectivity index (χ0) is 22.1. The van der Waals surface area contributed by atoms with Crippen LogP contribution in [0.15, 0.2) is 56.3 Å². The third-order valence-electron chi connectivity index (χ3n) is 4.30. The van der Waals surface area contributed by atoms with Crippen LogP contribution in [0.3, 0.4) is 0 Å². The normalized spacial score (nSPS) is 21.3. The number of furan rings is 2. The highest BCUT2D eigenvalue weighted by Gasteiger charge is 2.66. The fourth-order valence-electron chi connectivity index (χ4n) is 3.23. The second-order valence-corrected chi connectivity index (χ2v) is 9.65. The molecule has 3 atom stereocenters. The summed E-state index contributed by atoms with van der Waals surface area (Å²) in [7, 11) is -6.61. The van der Waals surface area contributed by atoms with Crippen LogP contribution in [0.1, 0.15) is 23.7 Å². The van der Waals surface area contributed by atoms with E-state index in [1.807, 2.05) is 0 Å². The van der Waals surface area contributed by atoms with Gasteiger partial charge in [-0.2, -0.15) is 0 Å². The Hall–Kier alpha value is -2.86. The monoisotopic (exact) mass is 458 g/mol. The van der Waals surface area contributed by atoms with Gasteiger partial charge in [0, 0.05) is 17.1 Å². The molecule has 0 bridgehead atoms. The third-order valence-corrected chi connectivity index (χ3v) is 7.32. The zero-order valence-electron chi connectivity index (χ0n) is 15.9. The van der Waals surface area contributed by atoms with Crippen molar-refractivity contribution in [1.82, 2.24) is 0 Å². The van der Waals surface area contributed by atoms with Gasteiger partial charge in [-0.05, 0) is 31.2 Å². The molecular weight excluding hydrogens is 440 g/mol. The number of sulfone groups is 1. The van der Waals surface area contributed by atoms with E-state index in [9.17, 15) is 27.3 Å². The van der Waals surface area contributed by atoms with Gasteiger partial charge in [0.25, 0.3) is 5.60 Å². The smallest absolute Gasteiger partial charge is 0.376 e. The second kappa shape index (κ2) is 8.11. The first kappa shape index (κ1) is 21.8. The molecule has 2 aromatic heterocycles. The molecule has 0 amide bonds. The molecule has 0 fully saturated rings. The van der Waals surface area contributed by atoms with Crippen molar-refractivity contribution in [3.05, 3.63) is 59.0 Å². The van der Waals surface area contributed by atoms with Crippen LogP contribution in [-0.2, 0) is 45.5 Å². The molecule has 1 aliphatic rings. The van der Waals surface area contributed by atoms with Gasteiger partial charge in [0.1, 0.15) is 22.5 Å². The van der Waals surface area contributed by atoms with Crippen molar-refractivity contribution in [2.24, 2.45) is 0 Å². The summed E-state index contributed by atoms with van der Waals surface area (Å²) in [6, 6.07) is 5.57. The Balaban J connectivity index is 2.28. The molecule has 10 nitrogen and oxygen atoms in total. The van der Waals surface area contributed by atoms with Crippen molar-refractivity contribution in [3.8, 4) is 0 Å². The average Bonchev–Trinajstić information content (AvgIpc) is 3.38. The van der Waals surface area contributed by atoms with E-state index in [1.165, 1.54) is 50.0 Å². The number of cyclic esters (lactones) is 1. The molecule has 162 valence electrons. The molecule has 0 radical (unpaired) electrons. The predicted molar refractivity (Wildman–Crippen MR) is 102 cm³/mol. The quantitative estimate of drug-likeness (QED) is 0.577. The first-order valence-corrected chi connectivity index (χ1v) is 11.9. The Kier molecular flexibility index (Phi) is 5.90. The SMILES string of the molecule is CCOC(=O)C1(C(c2ccco2)S(C)=O)OC(=O)C(O)=C1S(=O)(=O)Cc1ccco1. The fourth-order valence-corrected chi connectivity index (χ4v) is 6.26. The van der Waals surface area contributed by atoms with E-state index in [-0.39, 0.29) is 18.1 Å². The number of esters is 2. The predicted octanol–water partition coefficient (Wildman–Crippen LogP) is 1.54. The Morgan fingerprint density at radius 1 is 1.27 bits per heavy atom. The number of hydrogen-bond donors (Lipinski definition) is 1. The van der Waals surface area contributed by atoms with Gasteiger partial charge in [0.05, 0.1) is 19.1 Å². The minimum absolute atomic E-state index is 0.0143. The number of rotatable bonds is 8. The first-order chi connectivity index (χ1) is 14.1. The van der Waals surface area contributed by atoms with Crippen molar-refractivity contribution in [1.29, 1.82) is 0 Å². The summed E-state index contributed by atoms with van der Waals surface area (Å²) in [5, 5.41) is 8.75. The number of aliphatic hydroxyl groups excluding tert-OH is 1. The average molecular weight is 458 g/mol. The van der Waals surface area contributed by atoms with E-state index in [0.717, 1.165) is 0 Å². The lowest BCUT2D eigenvalue weighted by Gasteiger charge is -2.32. The van der Waals surface area contributed by atoms with Gasteiger partial charge in [0.15, 0.2) is 14.7 Å². The lowest BCUT2D eigenvalue weighted by atomic mass is 9.97. The molecule has 0 saturated carbocycles. The minimum Gasteiger partial charge on any atom is -0.501 e. The molecule has 1 N–H and O–H groups in total. The number of hydrogen-bond acceptors (Lipinski definition) is 10. The Bertz CT molecular complexity index is 1100. The summed E-state index contributed by atoms with van der Waals surface area (Å²) in [4.78, 5) is 24.3. The highest BCUT2D eigenvalue weighted by atomic mass is 32.2. The van der Waals surface area contributed by atoms with Crippen LogP contribution < -0.4 is 0 Å². The van der Waals surface area contributed by atoms with E-state index in [2.05, 4.69) is 0 Å². The lowest BCUT2D eigenvalue weighted by molar-refractivity contribution is -0.172. The first-order valence-electron chi connectivity index (χ1n) is 8.60. The summed E-state index contributed by atoms with van der Waals surface area (Å²) in [6.07, 6.45) is 3.63. The maximum atomic E-state index is 13.2. The molecule has 0 spiro atoms. The number of ether oxygens (including phenoxy) is 2. The summed E-state index contributed by atoms with van der Waals surface area (Å²) in [5.41, 5.74) is -2.75. The molecule has 3 unspecified atom stereocenters. The summed E-state index contributed by atoms with van der Waals surface area (Å²) < 4.78 is 59.6. The summed E-state index contributed by atoms with van der Waals surface area (Å²) in [5.74, 6) is -4.98. The van der Waals surface area contributed by atoms with E-state index in [4.69, 9.17) is 18.3 Å². The van der Waals surface area contributed by atoms with Crippen LogP contribution in [0.2, 0.25) is 0 Å². The number of carbonyl (C=O) groups is 2. The van der Waals surface area contributed by atoms with Crippen LogP contribution in [0, 0.1) is 0 Å². The molecule has 1 aliphatic heterocycles. The van der Waals surface area contributed by atoms with Gasteiger partial charge < -0.3 is 23.4 Å². The summed E-state index contributed by atoms with van der Waals surface area (Å²) >= 11 is 0. The third kappa shape index (κ3) is 3.56. The number of carbonyl (C=O) groups excluding carboxylic acids is 2. The molecule has 2 aromatic rings. The molecule has 30 heavy (non-hydrogen) atoms. The Labute approximate surface area is 173 Å². The standard InChI is InChI=1S/C18H18O10S2/c1-3-25-17(21)18(14(29(2)22)12-7-5-9-27-12)15(13(19)16(20)28-18)30(23,24)10-11-6-4-8-26-11/h4-9,14,19H,3,10H2,1-2H3. The highest BCUT2D eigenvalue weighted by molar-refractivity contribution is 7.94. The lowest BCUT2D eigenvalue weighted by Crippen LogP contribution is -2.51. The molecular formula is C18H18O10S2. The van der Waals surface area contributed by atoms with Gasteiger partial charge in [-0.1, -0.05) is 0 Å². The largest absolute Gasteiger partial charge is 0.501 e. The molecule has 0 aromatic carbocycles. The molecule has 3 heterocycles. The van der Waals surface area contributed by atoms with Crippen LogP contribution in [0.25, 0.3) is 0 Å². The maximum Gasteiger partial charge on any atom is 0.376 e. The fraction of sp³-hybridized carbons (Fsp3) is 0.333. The van der Waals surface area contributed by atoms with Gasteiger partial charge in [-0.25, -0.2) is 18.0 Å². The van der Waals surface area contributed by atoms with Crippen LogP contribution >= 0.6 is 0 Å². The highest BCUT2D eigenvalue weighted by Crippen LogP contribution is 2.48. The maximum absolute atomic E-state index is 13.2. The Morgan fingerprint density at radius 3 is 2.47 bits per heavy atom. The minimum atomic E-state index is -4.59. The Morgan fingerprint density at radius 2 is 1.93 bits per heavy atom. The van der Waals surface area contributed by atoms with Crippen LogP contribution in [0.4, 0.5) is 0 Å². The van der Waals surface area contributed by atoms with E-state index >= 15 is 0 Å². The number of aliphatic hydroxyl groups is 1. The van der Waals surface area contributed by atoms with Gasteiger partial charge in [-0.3, -0.25) is 4.21 Å². The second-order valence-electron chi connectivity index (χ2n) is 6.26. The molecule has 0 saturated heterocycles. The molecule has 3 rings (SSSR count). The molecule has 12 heteroatoms. The van der Waals surface area contributed by atoms with Crippen molar-refractivity contribution in [2.45, 2.75) is 23.5 Å². The van der Waals surface area contributed by atoms with Gasteiger partial charge in [-0.15, -0.1) is 0 Å². The van der Waals surface area contributed by atoms with E-state index in [1.54, 1.807) is 0 Å². The van der Waals surface area contributed by atoms with Crippen LogP contribution in [0.5, 0.6) is 0 Å². The van der Waals surface area contributed by atoms with E-state index < -0.39 is 59.8 Å². The zero-order valence-corrected chi connectivity index (χ0v) is 17.5. The van der Waals surface area contributed by atoms with Crippen molar-refractivity contribution < 1.29 is 45.6 Å². The van der Waals surface area contributed by atoms with Crippen molar-refractivity contribution in [2.75, 3.05) is 12.9 Å². The summed E-state index contributed by atoms with van der Waals surface area (Å²) in [6.45, 7) is 1.25. The van der Waals surface area contributed by atoms with Gasteiger partial charge >= 0.3 is 11.9 Å². The topological polar surface area (TPSA) is 150 Å². The van der Waals surface area contributed by atoms with Crippen molar-refractivity contribution >= 4 is 32.6 Å². The van der Waals surface area contributed by atoms with E-state index in [0.29, 0.717) is 0 Å². The van der Waals surface area contributed by atoms with Gasteiger partial charge in [0.2, 0.25) is 5.76 Å². The molecule has 0 aliphatic carbocycles.